The summed E-state index contributed by atoms with van der Waals surface area (Å²) in [6, 6.07) is 8.85. The van der Waals surface area contributed by atoms with Crippen LogP contribution in [0.15, 0.2) is 52.5 Å². The SMILES string of the molecule is O=c1[nH]c(O)c(C=c2cnn3ccc(=Nc4ccc(Cl)cc4)nc23)s1. The number of nitrogens with one attached hydrogen (secondary N) is 1. The molecule has 0 saturated carbocycles. The number of fused-ring (bicyclic) bond motifs is 1. The Labute approximate surface area is 149 Å². The maximum atomic E-state index is 11.3. The van der Waals surface area contributed by atoms with Crippen LogP contribution in [0.4, 0.5) is 5.69 Å². The van der Waals surface area contributed by atoms with Crippen molar-refractivity contribution in [3.8, 4) is 5.88 Å². The fourth-order valence-electron chi connectivity index (χ4n) is 2.26. The van der Waals surface area contributed by atoms with Crippen molar-refractivity contribution < 1.29 is 5.11 Å². The van der Waals surface area contributed by atoms with Crippen LogP contribution in [-0.4, -0.2) is 24.7 Å². The first-order chi connectivity index (χ1) is 12.1. The van der Waals surface area contributed by atoms with Crippen LogP contribution in [0.25, 0.3) is 11.7 Å². The van der Waals surface area contributed by atoms with Crippen molar-refractivity contribution in [2.45, 2.75) is 0 Å². The number of aromatic nitrogens is 4. The van der Waals surface area contributed by atoms with E-state index < -0.39 is 0 Å². The molecule has 0 spiro atoms. The molecule has 25 heavy (non-hydrogen) atoms. The molecule has 0 unspecified atom stereocenters. The summed E-state index contributed by atoms with van der Waals surface area (Å²) in [7, 11) is 0. The number of rotatable bonds is 2. The summed E-state index contributed by atoms with van der Waals surface area (Å²) in [4.78, 5) is 22.7. The number of hydrogen-bond donors (Lipinski definition) is 2. The van der Waals surface area contributed by atoms with Crippen LogP contribution in [0.1, 0.15) is 4.88 Å². The molecule has 0 aliphatic rings. The van der Waals surface area contributed by atoms with Gasteiger partial charge in [0.25, 0.3) is 0 Å². The number of hydrogen-bond acceptors (Lipinski definition) is 6. The van der Waals surface area contributed by atoms with E-state index >= 15 is 0 Å². The van der Waals surface area contributed by atoms with Crippen LogP contribution in [0.3, 0.4) is 0 Å². The van der Waals surface area contributed by atoms with Gasteiger partial charge >= 0.3 is 4.87 Å². The van der Waals surface area contributed by atoms with Gasteiger partial charge in [-0.1, -0.05) is 22.9 Å². The van der Waals surface area contributed by atoms with Crippen molar-refractivity contribution in [1.29, 1.82) is 0 Å². The number of H-pyrrole nitrogens is 1. The number of aromatic amines is 1. The average molecular weight is 372 g/mol. The number of halogens is 1. The highest BCUT2D eigenvalue weighted by Crippen LogP contribution is 2.16. The molecule has 4 rings (SSSR count). The molecule has 7 nitrogen and oxygen atoms in total. The molecule has 0 radical (unpaired) electrons. The molecule has 9 heteroatoms. The minimum atomic E-state index is -0.327. The highest BCUT2D eigenvalue weighted by atomic mass is 35.5. The first-order valence-electron chi connectivity index (χ1n) is 7.17. The molecular weight excluding hydrogens is 362 g/mol. The Morgan fingerprint density at radius 1 is 1.28 bits per heavy atom. The maximum Gasteiger partial charge on any atom is 0.307 e. The minimum Gasteiger partial charge on any atom is -0.493 e. The molecule has 0 aliphatic heterocycles. The molecule has 3 heterocycles. The molecule has 124 valence electrons. The highest BCUT2D eigenvalue weighted by molar-refractivity contribution is 7.10. The van der Waals surface area contributed by atoms with Gasteiger partial charge in [0.1, 0.15) is 0 Å². The van der Waals surface area contributed by atoms with Gasteiger partial charge in [0.15, 0.2) is 11.1 Å². The maximum absolute atomic E-state index is 11.3. The molecular formula is C16H10ClN5O2S. The summed E-state index contributed by atoms with van der Waals surface area (Å²) in [5.41, 5.74) is 1.81. The van der Waals surface area contributed by atoms with E-state index in [1.54, 1.807) is 53.3 Å². The summed E-state index contributed by atoms with van der Waals surface area (Å²) in [5, 5.41) is 15.2. The van der Waals surface area contributed by atoms with E-state index in [9.17, 15) is 9.90 Å². The second kappa shape index (κ2) is 6.15. The average Bonchev–Trinajstić information content (AvgIpc) is 3.13. The van der Waals surface area contributed by atoms with Gasteiger partial charge in [-0.05, 0) is 30.3 Å². The van der Waals surface area contributed by atoms with Gasteiger partial charge in [0.05, 0.1) is 16.8 Å². The van der Waals surface area contributed by atoms with E-state index in [1.165, 1.54) is 0 Å². The number of nitrogens with zero attached hydrogens (tertiary/aromatic N) is 4. The first-order valence-corrected chi connectivity index (χ1v) is 8.36. The van der Waals surface area contributed by atoms with Crippen LogP contribution < -0.4 is 15.6 Å². The van der Waals surface area contributed by atoms with E-state index in [0.717, 1.165) is 17.0 Å². The van der Waals surface area contributed by atoms with E-state index in [0.29, 0.717) is 26.3 Å². The number of thiazole rings is 1. The predicted octanol–water partition coefficient (Wildman–Crippen LogP) is 1.62. The lowest BCUT2D eigenvalue weighted by atomic mass is 10.3. The molecule has 0 bridgehead atoms. The summed E-state index contributed by atoms with van der Waals surface area (Å²) in [6.45, 7) is 0. The number of aromatic hydroxyl groups is 1. The molecule has 0 amide bonds. The lowest BCUT2D eigenvalue weighted by molar-refractivity contribution is 0.455. The van der Waals surface area contributed by atoms with Crippen molar-refractivity contribution in [3.05, 3.63) is 73.0 Å². The third kappa shape index (κ3) is 3.17. The highest BCUT2D eigenvalue weighted by Gasteiger charge is 2.05. The van der Waals surface area contributed by atoms with E-state index in [1.807, 2.05) is 0 Å². The smallest absolute Gasteiger partial charge is 0.307 e. The molecule has 4 aromatic rings. The lowest BCUT2D eigenvalue weighted by Crippen LogP contribution is -2.12. The van der Waals surface area contributed by atoms with Crippen LogP contribution in [0, 0.1) is 0 Å². The van der Waals surface area contributed by atoms with Crippen molar-refractivity contribution in [1.82, 2.24) is 19.6 Å². The van der Waals surface area contributed by atoms with Crippen LogP contribution in [0.2, 0.25) is 5.02 Å². The first kappa shape index (κ1) is 15.6. The second-order valence-electron chi connectivity index (χ2n) is 5.11. The van der Waals surface area contributed by atoms with Gasteiger partial charge in [-0.2, -0.15) is 5.10 Å². The van der Waals surface area contributed by atoms with Crippen LogP contribution in [-0.2, 0) is 0 Å². The molecule has 2 N–H and O–H groups in total. The molecule has 0 fully saturated rings. The van der Waals surface area contributed by atoms with Gasteiger partial charge < -0.3 is 5.11 Å². The van der Waals surface area contributed by atoms with Gasteiger partial charge in [0.2, 0.25) is 5.88 Å². The molecule has 0 saturated heterocycles. The monoisotopic (exact) mass is 371 g/mol. The summed E-state index contributed by atoms with van der Waals surface area (Å²) in [5.74, 6) is -0.170. The van der Waals surface area contributed by atoms with E-state index in [2.05, 4.69) is 20.1 Å². The van der Waals surface area contributed by atoms with Crippen molar-refractivity contribution in [2.75, 3.05) is 0 Å². The van der Waals surface area contributed by atoms with Crippen molar-refractivity contribution in [3.63, 3.8) is 0 Å². The fraction of sp³-hybridized carbons (Fsp3) is 0. The standard InChI is InChI=1S/C16H10ClN5O2S/c17-10-1-3-11(4-2-10)19-13-5-6-22-14(20-13)9(8-18-22)7-12-15(23)21-16(24)25-12/h1-8,23H,(H,21,24). The second-order valence-corrected chi connectivity index (χ2v) is 6.56. The van der Waals surface area contributed by atoms with E-state index in [-0.39, 0.29) is 10.8 Å². The Bertz CT molecular complexity index is 1240. The Balaban J connectivity index is 1.87. The van der Waals surface area contributed by atoms with Gasteiger partial charge in [-0.25, -0.2) is 14.5 Å². The van der Waals surface area contributed by atoms with Crippen LogP contribution >= 0.6 is 22.9 Å². The predicted molar refractivity (Wildman–Crippen MR) is 95.1 cm³/mol. The topological polar surface area (TPSA) is 95.6 Å². The zero-order chi connectivity index (χ0) is 17.4. The van der Waals surface area contributed by atoms with Gasteiger partial charge in [0, 0.05) is 22.5 Å². The Kier molecular flexibility index (Phi) is 3.83. The molecule has 0 aliphatic carbocycles. The number of benzene rings is 1. The van der Waals surface area contributed by atoms with Gasteiger partial charge in [-0.15, -0.1) is 0 Å². The summed E-state index contributed by atoms with van der Waals surface area (Å²) >= 11 is 6.79. The zero-order valence-electron chi connectivity index (χ0n) is 12.5. The normalized spacial score (nSPS) is 13.0. The Hall–Kier alpha value is -2.97. The largest absolute Gasteiger partial charge is 0.493 e. The Morgan fingerprint density at radius 3 is 2.80 bits per heavy atom. The molecule has 0 atom stereocenters. The van der Waals surface area contributed by atoms with Crippen molar-refractivity contribution in [2.24, 2.45) is 4.99 Å². The fourth-order valence-corrected chi connectivity index (χ4v) is 3.07. The quantitative estimate of drug-likeness (QED) is 0.559. The third-order valence-corrected chi connectivity index (χ3v) is 4.47. The lowest BCUT2D eigenvalue weighted by Gasteiger charge is -1.95. The summed E-state index contributed by atoms with van der Waals surface area (Å²) < 4.78 is 1.60. The third-order valence-electron chi connectivity index (χ3n) is 3.40. The molecule has 1 aromatic carbocycles. The Morgan fingerprint density at radius 2 is 2.08 bits per heavy atom. The van der Waals surface area contributed by atoms with Crippen molar-refractivity contribution >= 4 is 40.3 Å². The van der Waals surface area contributed by atoms with Gasteiger partial charge in [-0.3, -0.25) is 9.78 Å². The summed E-state index contributed by atoms with van der Waals surface area (Å²) in [6.07, 6.45) is 5.01. The zero-order valence-corrected chi connectivity index (χ0v) is 14.1. The minimum absolute atomic E-state index is 0.170. The molecule has 3 aromatic heterocycles. The van der Waals surface area contributed by atoms with E-state index in [4.69, 9.17) is 11.6 Å². The van der Waals surface area contributed by atoms with Crippen LogP contribution in [0.5, 0.6) is 5.88 Å².